The van der Waals surface area contributed by atoms with Gasteiger partial charge in [-0.15, -0.1) is 0 Å². The molecule has 0 heterocycles. The molecule has 1 unspecified atom stereocenters. The summed E-state index contributed by atoms with van der Waals surface area (Å²) in [4.78, 5) is 25.7. The number of hydrogen-bond donors (Lipinski definition) is 0. The summed E-state index contributed by atoms with van der Waals surface area (Å²) in [5.41, 5.74) is 0. The van der Waals surface area contributed by atoms with E-state index in [4.69, 9.17) is 4.74 Å². The van der Waals surface area contributed by atoms with Crippen molar-refractivity contribution in [1.82, 2.24) is 0 Å². The van der Waals surface area contributed by atoms with E-state index in [1.165, 1.54) is 122 Å². The van der Waals surface area contributed by atoms with Crippen LogP contribution in [0.15, 0.2) is 0 Å². The Labute approximate surface area is 232 Å². The highest BCUT2D eigenvalue weighted by Crippen LogP contribution is 2.19. The van der Waals surface area contributed by atoms with Gasteiger partial charge in [0, 0.05) is 6.42 Å². The van der Waals surface area contributed by atoms with E-state index in [9.17, 15) is 9.59 Å². The van der Waals surface area contributed by atoms with Crippen LogP contribution in [0.2, 0.25) is 0 Å². The average Bonchev–Trinajstić information content (AvgIpc) is 2.90. The van der Waals surface area contributed by atoms with Gasteiger partial charge in [0.15, 0.2) is 0 Å². The van der Waals surface area contributed by atoms with Gasteiger partial charge in [-0.05, 0) is 19.3 Å². The number of Topliss-reactive ketones (excluding diaryl/α,β-unsaturated/α-hetero) is 1. The summed E-state index contributed by atoms with van der Waals surface area (Å²) >= 11 is 0. The monoisotopic (exact) mass is 523 g/mol. The zero-order valence-corrected chi connectivity index (χ0v) is 25.6. The highest BCUT2D eigenvalue weighted by Gasteiger charge is 2.26. The van der Waals surface area contributed by atoms with Crippen molar-refractivity contribution in [3.63, 3.8) is 0 Å². The smallest absolute Gasteiger partial charge is 0.316 e. The van der Waals surface area contributed by atoms with Crippen LogP contribution >= 0.6 is 0 Å². The molecule has 220 valence electrons. The van der Waals surface area contributed by atoms with E-state index in [1.54, 1.807) is 0 Å². The maximum atomic E-state index is 12.9. The highest BCUT2D eigenvalue weighted by molar-refractivity contribution is 5.98. The Hall–Kier alpha value is -0.860. The third-order valence-corrected chi connectivity index (χ3v) is 7.79. The summed E-state index contributed by atoms with van der Waals surface area (Å²) in [5.74, 6) is -0.649. The van der Waals surface area contributed by atoms with Gasteiger partial charge in [0.1, 0.15) is 11.7 Å². The van der Waals surface area contributed by atoms with E-state index in [1.807, 2.05) is 0 Å². The molecule has 0 aliphatic heterocycles. The van der Waals surface area contributed by atoms with E-state index >= 15 is 0 Å². The first-order valence-electron chi connectivity index (χ1n) is 16.9. The van der Waals surface area contributed by atoms with Crippen LogP contribution in [0.3, 0.4) is 0 Å². The number of unbranched alkanes of at least 4 members (excludes halogenated alkanes) is 22. The number of esters is 1. The lowest BCUT2D eigenvalue weighted by Crippen LogP contribution is -2.26. The summed E-state index contributed by atoms with van der Waals surface area (Å²) < 4.78 is 5.59. The predicted molar refractivity (Wildman–Crippen MR) is 161 cm³/mol. The van der Waals surface area contributed by atoms with Crippen molar-refractivity contribution in [2.75, 3.05) is 6.61 Å². The van der Waals surface area contributed by atoms with Crippen LogP contribution in [0, 0.1) is 5.92 Å². The number of carbonyl (C=O) groups excluding carboxylic acids is 2. The van der Waals surface area contributed by atoms with Gasteiger partial charge < -0.3 is 4.74 Å². The lowest BCUT2D eigenvalue weighted by molar-refractivity contribution is -0.152. The molecule has 0 aliphatic carbocycles. The number of ether oxygens (including phenoxy) is 1. The first kappa shape index (κ1) is 36.1. The van der Waals surface area contributed by atoms with Crippen molar-refractivity contribution < 1.29 is 14.3 Å². The van der Waals surface area contributed by atoms with Gasteiger partial charge in [-0.25, -0.2) is 0 Å². The molecule has 0 aromatic heterocycles. The van der Waals surface area contributed by atoms with Crippen molar-refractivity contribution in [1.29, 1.82) is 0 Å². The van der Waals surface area contributed by atoms with Crippen LogP contribution in [-0.2, 0) is 14.3 Å². The van der Waals surface area contributed by atoms with E-state index in [0.29, 0.717) is 19.4 Å². The Morgan fingerprint density at radius 1 is 0.459 bits per heavy atom. The second-order valence-corrected chi connectivity index (χ2v) is 11.5. The molecule has 0 aromatic carbocycles. The largest absolute Gasteiger partial charge is 0.465 e. The van der Waals surface area contributed by atoms with E-state index < -0.39 is 5.92 Å². The molecular weight excluding hydrogens is 456 g/mol. The molecule has 0 N–H and O–H groups in total. The van der Waals surface area contributed by atoms with E-state index in [0.717, 1.165) is 38.5 Å². The van der Waals surface area contributed by atoms with Crippen LogP contribution in [0.4, 0.5) is 0 Å². The van der Waals surface area contributed by atoms with Gasteiger partial charge >= 0.3 is 5.97 Å². The normalized spacial score (nSPS) is 12.1. The Balaban J connectivity index is 4.07. The van der Waals surface area contributed by atoms with Crippen LogP contribution in [0.25, 0.3) is 0 Å². The standard InChI is InChI=1S/C34H66O3/c1-4-7-10-13-15-16-17-18-19-20-21-22-24-26-29-32(33(35)30-27-23-12-9-6-3)34(36)37-31-28-25-14-11-8-5-2/h32H,4-31H2,1-3H3. The molecule has 37 heavy (non-hydrogen) atoms. The molecule has 0 spiro atoms. The predicted octanol–water partition coefficient (Wildman–Crippen LogP) is 11.3. The van der Waals surface area contributed by atoms with Gasteiger partial charge in [-0.2, -0.15) is 0 Å². The summed E-state index contributed by atoms with van der Waals surface area (Å²) in [6, 6.07) is 0. The Morgan fingerprint density at radius 2 is 0.811 bits per heavy atom. The van der Waals surface area contributed by atoms with E-state index in [-0.39, 0.29) is 11.8 Å². The fraction of sp³-hybridized carbons (Fsp3) is 0.941. The Kier molecular flexibility index (Phi) is 29.0. The molecule has 0 aliphatic rings. The van der Waals surface area contributed by atoms with Crippen LogP contribution in [-0.4, -0.2) is 18.4 Å². The van der Waals surface area contributed by atoms with Gasteiger partial charge in [0.2, 0.25) is 0 Å². The summed E-state index contributed by atoms with van der Waals surface area (Å²) in [5, 5.41) is 0. The number of carbonyl (C=O) groups is 2. The van der Waals surface area contributed by atoms with Crippen LogP contribution < -0.4 is 0 Å². The number of rotatable bonds is 30. The zero-order chi connectivity index (χ0) is 27.2. The van der Waals surface area contributed by atoms with Crippen molar-refractivity contribution in [3.05, 3.63) is 0 Å². The molecule has 0 saturated heterocycles. The summed E-state index contributed by atoms with van der Waals surface area (Å²) in [7, 11) is 0. The fourth-order valence-corrected chi connectivity index (χ4v) is 5.19. The van der Waals surface area contributed by atoms with Gasteiger partial charge in [0.05, 0.1) is 6.61 Å². The van der Waals surface area contributed by atoms with Crippen molar-refractivity contribution in [3.8, 4) is 0 Å². The average molecular weight is 523 g/mol. The maximum Gasteiger partial charge on any atom is 0.316 e. The van der Waals surface area contributed by atoms with Crippen molar-refractivity contribution in [2.45, 2.75) is 194 Å². The molecule has 3 heteroatoms. The molecular formula is C34H66O3. The van der Waals surface area contributed by atoms with Crippen LogP contribution in [0.5, 0.6) is 0 Å². The third-order valence-electron chi connectivity index (χ3n) is 7.79. The first-order valence-corrected chi connectivity index (χ1v) is 16.9. The first-order chi connectivity index (χ1) is 18.2. The minimum absolute atomic E-state index is 0.124. The minimum Gasteiger partial charge on any atom is -0.465 e. The topological polar surface area (TPSA) is 43.4 Å². The lowest BCUT2D eigenvalue weighted by atomic mass is 9.93. The number of hydrogen-bond acceptors (Lipinski definition) is 3. The van der Waals surface area contributed by atoms with Crippen molar-refractivity contribution in [2.24, 2.45) is 5.92 Å². The maximum absolute atomic E-state index is 12.9. The Bertz CT molecular complexity index is 487. The second-order valence-electron chi connectivity index (χ2n) is 11.5. The molecule has 0 bridgehead atoms. The minimum atomic E-state index is -0.524. The summed E-state index contributed by atoms with van der Waals surface area (Å²) in [6.07, 6.45) is 32.4. The summed E-state index contributed by atoms with van der Waals surface area (Å²) in [6.45, 7) is 7.18. The Morgan fingerprint density at radius 3 is 1.24 bits per heavy atom. The zero-order valence-electron chi connectivity index (χ0n) is 25.6. The molecule has 0 amide bonds. The number of ketones is 1. The quantitative estimate of drug-likeness (QED) is 0.0535. The molecule has 3 nitrogen and oxygen atoms in total. The molecule has 0 radical (unpaired) electrons. The van der Waals surface area contributed by atoms with Crippen molar-refractivity contribution >= 4 is 11.8 Å². The van der Waals surface area contributed by atoms with Gasteiger partial charge in [-0.1, -0.05) is 168 Å². The lowest BCUT2D eigenvalue weighted by Gasteiger charge is -2.15. The fourth-order valence-electron chi connectivity index (χ4n) is 5.19. The molecule has 0 fully saturated rings. The van der Waals surface area contributed by atoms with Gasteiger partial charge in [0.25, 0.3) is 0 Å². The molecule has 0 rings (SSSR count). The molecule has 1 atom stereocenters. The molecule has 0 saturated carbocycles. The third kappa shape index (κ3) is 25.2. The molecule has 0 aromatic rings. The second kappa shape index (κ2) is 29.7. The SMILES string of the molecule is CCCCCCCCCCCCCCCCC(C(=O)CCCCCCC)C(=O)OCCCCCCCC. The van der Waals surface area contributed by atoms with E-state index in [2.05, 4.69) is 20.8 Å². The van der Waals surface area contributed by atoms with Crippen LogP contribution in [0.1, 0.15) is 194 Å². The highest BCUT2D eigenvalue weighted by atomic mass is 16.5. The van der Waals surface area contributed by atoms with Gasteiger partial charge in [-0.3, -0.25) is 9.59 Å².